The molecule has 10 nitrogen and oxygen atoms in total. The fourth-order valence-electron chi connectivity index (χ4n) is 4.74. The summed E-state index contributed by atoms with van der Waals surface area (Å²) in [7, 11) is 3.24. The zero-order valence-electron chi connectivity index (χ0n) is 24.4. The van der Waals surface area contributed by atoms with Crippen molar-refractivity contribution in [2.75, 3.05) is 23.9 Å². The van der Waals surface area contributed by atoms with Gasteiger partial charge < -0.3 is 24.8 Å². The summed E-state index contributed by atoms with van der Waals surface area (Å²) in [4.78, 5) is 44.1. The number of rotatable bonds is 10. The molecule has 44 heavy (non-hydrogen) atoms. The van der Waals surface area contributed by atoms with E-state index in [9.17, 15) is 14.4 Å². The topological polar surface area (TPSA) is 129 Å². The molecule has 1 heterocycles. The molecular weight excluding hydrogens is 556 g/mol. The zero-order chi connectivity index (χ0) is 31.1. The number of carbonyl (C=O) groups excluding carboxylic acids is 3. The molecule has 0 radical (unpaired) electrons. The summed E-state index contributed by atoms with van der Waals surface area (Å²) in [6, 6.07) is 30.6. The number of amidine groups is 1. The molecule has 1 aromatic heterocycles. The van der Waals surface area contributed by atoms with E-state index >= 15 is 0 Å². The van der Waals surface area contributed by atoms with Crippen LogP contribution in [0.2, 0.25) is 0 Å². The fraction of sp³-hybridized carbons (Fsp3) is 0.147. The minimum atomic E-state index is -0.390. The lowest BCUT2D eigenvalue weighted by molar-refractivity contribution is -0.140. The van der Waals surface area contributed by atoms with Crippen molar-refractivity contribution in [3.63, 3.8) is 0 Å². The Hall–Kier alpha value is -5.77. The summed E-state index contributed by atoms with van der Waals surface area (Å²) in [6.45, 7) is 0.605. The van der Waals surface area contributed by atoms with E-state index in [0.29, 0.717) is 34.4 Å². The Balaban J connectivity index is 1.26. The maximum absolute atomic E-state index is 13.6. The minimum Gasteiger partial charge on any atom is -0.469 e. The van der Waals surface area contributed by atoms with Gasteiger partial charge in [-0.2, -0.15) is 0 Å². The van der Waals surface area contributed by atoms with E-state index in [4.69, 9.17) is 15.1 Å². The van der Waals surface area contributed by atoms with Gasteiger partial charge in [-0.05, 0) is 66.7 Å². The zero-order valence-corrected chi connectivity index (χ0v) is 24.4. The van der Waals surface area contributed by atoms with Gasteiger partial charge in [0.15, 0.2) is 0 Å². The number of methoxy groups -OCH3 is 1. The summed E-state index contributed by atoms with van der Waals surface area (Å²) in [6.07, 6.45) is 0.0726. The maximum atomic E-state index is 13.6. The van der Waals surface area contributed by atoms with Gasteiger partial charge in [0.1, 0.15) is 11.7 Å². The molecular formula is C34H32N6O4. The standard InChI is InChI=1S/C34H32N6O4/c1-39-29-18-15-25(34(43)40(20-19-31(41)44-2)27-11-7-4-8-12-27)21-28(29)37-30(39)22-36-26-16-13-23(14-17-26)32(35)38-33(42)24-9-5-3-6-10-24/h3-18,21,36H,19-20,22H2,1-2H3,(H2,35,38,42). The van der Waals surface area contributed by atoms with Crippen molar-refractivity contribution in [3.8, 4) is 0 Å². The highest BCUT2D eigenvalue weighted by Crippen LogP contribution is 2.22. The van der Waals surface area contributed by atoms with Crippen LogP contribution in [-0.2, 0) is 23.1 Å². The molecule has 0 bridgehead atoms. The first-order valence-electron chi connectivity index (χ1n) is 14.0. The Morgan fingerprint density at radius 3 is 2.20 bits per heavy atom. The van der Waals surface area contributed by atoms with Crippen LogP contribution in [0.25, 0.3) is 11.0 Å². The van der Waals surface area contributed by atoms with E-state index in [0.717, 1.165) is 17.0 Å². The molecule has 0 aliphatic heterocycles. The second-order valence-electron chi connectivity index (χ2n) is 10.0. The van der Waals surface area contributed by atoms with Gasteiger partial charge in [0, 0.05) is 41.7 Å². The number of benzene rings is 4. The largest absolute Gasteiger partial charge is 0.469 e. The van der Waals surface area contributed by atoms with E-state index in [1.165, 1.54) is 7.11 Å². The number of hydrogen-bond acceptors (Lipinski definition) is 7. The number of imidazole rings is 1. The first kappa shape index (κ1) is 29.7. The number of nitrogens with one attached hydrogen (secondary N) is 3. The number of carbonyl (C=O) groups is 3. The molecule has 10 heteroatoms. The van der Waals surface area contributed by atoms with Crippen molar-refractivity contribution in [3.05, 3.63) is 126 Å². The van der Waals surface area contributed by atoms with E-state index < -0.39 is 5.97 Å². The Labute approximate surface area is 254 Å². The highest BCUT2D eigenvalue weighted by Gasteiger charge is 2.20. The van der Waals surface area contributed by atoms with Crippen LogP contribution in [0, 0.1) is 5.41 Å². The SMILES string of the molecule is COC(=O)CCN(C(=O)c1ccc2c(c1)nc(CNc1ccc(C(=N)NC(=O)c3ccccc3)cc1)n2C)c1ccccc1. The van der Waals surface area contributed by atoms with Crippen LogP contribution in [0.4, 0.5) is 11.4 Å². The summed E-state index contributed by atoms with van der Waals surface area (Å²) in [5.41, 5.74) is 4.58. The van der Waals surface area contributed by atoms with Crippen LogP contribution in [-0.4, -0.2) is 46.8 Å². The van der Waals surface area contributed by atoms with Crippen molar-refractivity contribution in [2.45, 2.75) is 13.0 Å². The van der Waals surface area contributed by atoms with Crippen LogP contribution in [0.5, 0.6) is 0 Å². The van der Waals surface area contributed by atoms with E-state index in [1.54, 1.807) is 53.4 Å². The summed E-state index contributed by atoms with van der Waals surface area (Å²) < 4.78 is 6.74. The minimum absolute atomic E-state index is 0.0160. The van der Waals surface area contributed by atoms with Gasteiger partial charge in [0.2, 0.25) is 0 Å². The molecule has 0 atom stereocenters. The number of fused-ring (bicyclic) bond motifs is 1. The lowest BCUT2D eigenvalue weighted by Gasteiger charge is -2.22. The molecule has 4 aromatic carbocycles. The smallest absolute Gasteiger partial charge is 0.307 e. The molecule has 2 amide bonds. The fourth-order valence-corrected chi connectivity index (χ4v) is 4.74. The molecule has 5 rings (SSSR count). The number of anilines is 2. The second kappa shape index (κ2) is 13.5. The number of esters is 1. The molecule has 5 aromatic rings. The molecule has 0 saturated carbocycles. The van der Waals surface area contributed by atoms with Gasteiger partial charge in [-0.25, -0.2) is 4.98 Å². The van der Waals surface area contributed by atoms with Gasteiger partial charge in [0.05, 0.1) is 31.1 Å². The predicted molar refractivity (Wildman–Crippen MR) is 170 cm³/mol. The first-order valence-corrected chi connectivity index (χ1v) is 14.0. The Morgan fingerprint density at radius 2 is 1.52 bits per heavy atom. The Morgan fingerprint density at radius 1 is 0.864 bits per heavy atom. The third-order valence-electron chi connectivity index (χ3n) is 7.20. The first-order chi connectivity index (χ1) is 21.3. The summed E-state index contributed by atoms with van der Waals surface area (Å²) in [5.74, 6) is -0.181. The summed E-state index contributed by atoms with van der Waals surface area (Å²) >= 11 is 0. The van der Waals surface area contributed by atoms with Crippen molar-refractivity contribution in [1.82, 2.24) is 14.9 Å². The monoisotopic (exact) mass is 588 g/mol. The van der Waals surface area contributed by atoms with Gasteiger partial charge in [-0.15, -0.1) is 0 Å². The Kier molecular flexibility index (Phi) is 9.10. The normalized spacial score (nSPS) is 10.7. The number of ether oxygens (including phenoxy) is 1. The number of hydrogen-bond donors (Lipinski definition) is 3. The van der Waals surface area contributed by atoms with Crippen LogP contribution >= 0.6 is 0 Å². The molecule has 0 aliphatic rings. The lowest BCUT2D eigenvalue weighted by atomic mass is 10.1. The van der Waals surface area contributed by atoms with Crippen LogP contribution < -0.4 is 15.5 Å². The van der Waals surface area contributed by atoms with E-state index in [1.807, 2.05) is 66.2 Å². The van der Waals surface area contributed by atoms with Crippen LogP contribution in [0.3, 0.4) is 0 Å². The van der Waals surface area contributed by atoms with Gasteiger partial charge in [-0.3, -0.25) is 19.8 Å². The molecule has 0 unspecified atom stereocenters. The quantitative estimate of drug-likeness (QED) is 0.118. The average Bonchev–Trinajstić information content (AvgIpc) is 3.38. The predicted octanol–water partition coefficient (Wildman–Crippen LogP) is 5.15. The van der Waals surface area contributed by atoms with Crippen molar-refractivity contribution in [1.29, 1.82) is 5.41 Å². The average molecular weight is 589 g/mol. The number of para-hydroxylation sites is 1. The van der Waals surface area contributed by atoms with Gasteiger partial charge >= 0.3 is 5.97 Å². The lowest BCUT2D eigenvalue weighted by Crippen LogP contribution is -2.33. The number of aromatic nitrogens is 2. The molecule has 0 saturated heterocycles. The van der Waals surface area contributed by atoms with Crippen molar-refractivity contribution in [2.24, 2.45) is 7.05 Å². The maximum Gasteiger partial charge on any atom is 0.307 e. The number of nitrogens with zero attached hydrogens (tertiary/aromatic N) is 3. The highest BCUT2D eigenvalue weighted by molar-refractivity contribution is 6.11. The Bertz CT molecular complexity index is 1800. The van der Waals surface area contributed by atoms with E-state index in [-0.39, 0.29) is 30.6 Å². The molecule has 0 aliphatic carbocycles. The van der Waals surface area contributed by atoms with E-state index in [2.05, 4.69) is 10.6 Å². The van der Waals surface area contributed by atoms with Crippen molar-refractivity contribution >= 4 is 46.0 Å². The third kappa shape index (κ3) is 6.81. The van der Waals surface area contributed by atoms with Crippen LogP contribution in [0.1, 0.15) is 38.5 Å². The number of aryl methyl sites for hydroxylation is 1. The molecule has 0 spiro atoms. The molecule has 0 fully saturated rings. The van der Waals surface area contributed by atoms with Gasteiger partial charge in [-0.1, -0.05) is 36.4 Å². The van der Waals surface area contributed by atoms with Gasteiger partial charge in [0.25, 0.3) is 11.8 Å². The molecule has 222 valence electrons. The second-order valence-corrected chi connectivity index (χ2v) is 10.0. The third-order valence-corrected chi connectivity index (χ3v) is 7.20. The molecule has 3 N–H and O–H groups in total. The van der Waals surface area contributed by atoms with Crippen LogP contribution in [0.15, 0.2) is 103 Å². The van der Waals surface area contributed by atoms with Crippen molar-refractivity contribution < 1.29 is 19.1 Å². The highest BCUT2D eigenvalue weighted by atomic mass is 16.5. The summed E-state index contributed by atoms with van der Waals surface area (Å²) in [5, 5.41) is 14.2. The number of amides is 2.